The van der Waals surface area contributed by atoms with E-state index in [1.165, 1.54) is 11.1 Å². The zero-order valence-electron chi connectivity index (χ0n) is 11.6. The van der Waals surface area contributed by atoms with E-state index in [0.717, 1.165) is 0 Å². The van der Waals surface area contributed by atoms with Crippen LogP contribution in [-0.2, 0) is 4.79 Å². The number of nitrogens with one attached hydrogen (secondary N) is 1. The molecule has 0 spiro atoms. The lowest BCUT2D eigenvalue weighted by atomic mass is 10.2. The Morgan fingerprint density at radius 1 is 1.27 bits per heavy atom. The number of rotatable bonds is 7. The van der Waals surface area contributed by atoms with Gasteiger partial charge in [-0.05, 0) is 18.2 Å². The van der Waals surface area contributed by atoms with Crippen molar-refractivity contribution in [3.63, 3.8) is 0 Å². The highest BCUT2D eigenvalue weighted by atomic mass is 35.5. The second-order valence-corrected chi connectivity index (χ2v) is 5.00. The Balaban J connectivity index is 2.87. The summed E-state index contributed by atoms with van der Waals surface area (Å²) in [5.41, 5.74) is 0.402. The summed E-state index contributed by atoms with van der Waals surface area (Å²) in [4.78, 5) is 13.3. The molecule has 0 saturated carbocycles. The number of hydrogen-bond donors (Lipinski definition) is 3. The van der Waals surface area contributed by atoms with Gasteiger partial charge in [-0.2, -0.15) is 5.26 Å². The summed E-state index contributed by atoms with van der Waals surface area (Å²) < 4.78 is 0. The topological polar surface area (TPSA) is 96.6 Å². The molecule has 0 aliphatic carbocycles. The van der Waals surface area contributed by atoms with Gasteiger partial charge in [-0.3, -0.25) is 4.79 Å². The maximum absolute atomic E-state index is 12.1. The number of nitrogens with zero attached hydrogens (tertiary/aromatic N) is 2. The van der Waals surface area contributed by atoms with Crippen LogP contribution in [0.5, 0.6) is 0 Å². The smallest absolute Gasteiger partial charge is 0.266 e. The van der Waals surface area contributed by atoms with E-state index in [2.05, 4.69) is 5.32 Å². The molecule has 0 aliphatic rings. The molecule has 0 bridgehead atoms. The molecular weight excluding hydrogens is 329 g/mol. The minimum absolute atomic E-state index is 0.0329. The van der Waals surface area contributed by atoms with Gasteiger partial charge in [-0.15, -0.1) is 0 Å². The zero-order valence-corrected chi connectivity index (χ0v) is 13.1. The number of carbonyl (C=O) groups excluding carboxylic acids is 1. The largest absolute Gasteiger partial charge is 0.395 e. The number of nitriles is 1. The van der Waals surface area contributed by atoms with Crippen LogP contribution in [0.1, 0.15) is 0 Å². The average molecular weight is 344 g/mol. The molecule has 6 nitrogen and oxygen atoms in total. The number of anilines is 1. The van der Waals surface area contributed by atoms with Gasteiger partial charge in [-0.1, -0.05) is 23.2 Å². The molecule has 3 N–H and O–H groups in total. The summed E-state index contributed by atoms with van der Waals surface area (Å²) in [5.74, 6) is -0.585. The monoisotopic (exact) mass is 343 g/mol. The van der Waals surface area contributed by atoms with Crippen LogP contribution < -0.4 is 5.32 Å². The first-order chi connectivity index (χ1) is 10.5. The lowest BCUT2D eigenvalue weighted by Crippen LogP contribution is -2.36. The fraction of sp³-hybridized carbons (Fsp3) is 0.286. The molecule has 0 unspecified atom stereocenters. The number of halogens is 2. The van der Waals surface area contributed by atoms with Crippen LogP contribution in [0.2, 0.25) is 10.0 Å². The zero-order chi connectivity index (χ0) is 16.5. The Hall–Kier alpha value is -1.78. The fourth-order valence-electron chi connectivity index (χ4n) is 1.61. The predicted octanol–water partition coefficient (Wildman–Crippen LogP) is 1.63. The van der Waals surface area contributed by atoms with E-state index in [9.17, 15) is 4.79 Å². The van der Waals surface area contributed by atoms with Gasteiger partial charge in [0.25, 0.3) is 5.91 Å². The van der Waals surface area contributed by atoms with Gasteiger partial charge in [-0.25, -0.2) is 0 Å². The Bertz CT molecular complexity index is 593. The van der Waals surface area contributed by atoms with Crippen molar-refractivity contribution >= 4 is 34.8 Å². The predicted molar refractivity (Wildman–Crippen MR) is 84.5 cm³/mol. The quantitative estimate of drug-likeness (QED) is 0.516. The van der Waals surface area contributed by atoms with Crippen LogP contribution in [0.3, 0.4) is 0 Å². The van der Waals surface area contributed by atoms with Crippen molar-refractivity contribution in [2.75, 3.05) is 31.6 Å². The van der Waals surface area contributed by atoms with Gasteiger partial charge < -0.3 is 20.4 Å². The van der Waals surface area contributed by atoms with Crippen molar-refractivity contribution in [2.45, 2.75) is 0 Å². The second kappa shape index (κ2) is 9.28. The summed E-state index contributed by atoms with van der Waals surface area (Å²) in [6.07, 6.45) is 1.24. The minimum Gasteiger partial charge on any atom is -0.395 e. The Morgan fingerprint density at radius 3 is 2.41 bits per heavy atom. The van der Waals surface area contributed by atoms with Gasteiger partial charge in [0.05, 0.1) is 23.3 Å². The highest BCUT2D eigenvalue weighted by molar-refractivity contribution is 6.42. The Labute approximate surface area is 138 Å². The molecule has 22 heavy (non-hydrogen) atoms. The van der Waals surface area contributed by atoms with E-state index in [0.29, 0.717) is 15.7 Å². The number of aliphatic hydroxyl groups is 2. The van der Waals surface area contributed by atoms with Crippen LogP contribution in [0.15, 0.2) is 30.0 Å². The van der Waals surface area contributed by atoms with Crippen LogP contribution in [-0.4, -0.2) is 47.3 Å². The molecule has 0 atom stereocenters. The minimum atomic E-state index is -0.585. The lowest BCUT2D eigenvalue weighted by Gasteiger charge is -2.20. The molecule has 0 heterocycles. The van der Waals surface area contributed by atoms with Gasteiger partial charge in [0, 0.05) is 25.0 Å². The highest BCUT2D eigenvalue weighted by Gasteiger charge is 2.17. The lowest BCUT2D eigenvalue weighted by molar-refractivity contribution is -0.127. The van der Waals surface area contributed by atoms with Gasteiger partial charge in [0.15, 0.2) is 0 Å². The van der Waals surface area contributed by atoms with Crippen molar-refractivity contribution in [1.82, 2.24) is 4.90 Å². The third-order valence-corrected chi connectivity index (χ3v) is 3.42. The van der Waals surface area contributed by atoms with Gasteiger partial charge >= 0.3 is 0 Å². The number of carbonyl (C=O) groups is 1. The van der Waals surface area contributed by atoms with Crippen LogP contribution in [0, 0.1) is 11.3 Å². The third-order valence-electron chi connectivity index (χ3n) is 2.68. The summed E-state index contributed by atoms with van der Waals surface area (Å²) in [5, 5.41) is 30.4. The average Bonchev–Trinajstić information content (AvgIpc) is 2.51. The first kappa shape index (κ1) is 18.3. The number of aliphatic hydroxyl groups excluding tert-OH is 2. The summed E-state index contributed by atoms with van der Waals surface area (Å²) in [6, 6.07) is 6.56. The van der Waals surface area contributed by atoms with Crippen molar-refractivity contribution < 1.29 is 15.0 Å². The normalized spacial score (nSPS) is 11.0. The van der Waals surface area contributed by atoms with E-state index < -0.39 is 5.91 Å². The molecule has 1 amide bonds. The van der Waals surface area contributed by atoms with Crippen molar-refractivity contribution in [1.29, 1.82) is 5.26 Å². The molecule has 1 aromatic carbocycles. The molecule has 0 aromatic heterocycles. The van der Waals surface area contributed by atoms with Gasteiger partial charge in [0.2, 0.25) is 0 Å². The molecule has 0 aliphatic heterocycles. The Morgan fingerprint density at radius 2 is 1.91 bits per heavy atom. The third kappa shape index (κ3) is 5.20. The summed E-state index contributed by atoms with van der Waals surface area (Å²) in [7, 11) is 0. The van der Waals surface area contributed by atoms with Crippen molar-refractivity contribution in [2.24, 2.45) is 0 Å². The molecule has 8 heteroatoms. The molecule has 0 radical (unpaired) electrons. The molecule has 1 rings (SSSR count). The molecule has 1 aromatic rings. The number of benzene rings is 1. The van der Waals surface area contributed by atoms with E-state index in [1.54, 1.807) is 24.3 Å². The fourth-order valence-corrected chi connectivity index (χ4v) is 1.91. The first-order valence-electron chi connectivity index (χ1n) is 6.36. The molecule has 0 fully saturated rings. The number of amides is 1. The van der Waals surface area contributed by atoms with Crippen molar-refractivity contribution in [3.05, 3.63) is 40.0 Å². The molecular formula is C14H15Cl2N3O3. The van der Waals surface area contributed by atoms with E-state index in [4.69, 9.17) is 38.7 Å². The molecule has 118 valence electrons. The summed E-state index contributed by atoms with van der Waals surface area (Å²) >= 11 is 11.7. The Kier molecular flexibility index (Phi) is 7.71. The second-order valence-electron chi connectivity index (χ2n) is 4.18. The standard InChI is InChI=1S/C14H15Cl2N3O3/c15-12-2-1-11(7-13(12)16)18-9-10(8-17)14(22)19(3-5-20)4-6-21/h1-2,7,9,18,20-21H,3-6H2/b10-9-. The van der Waals surface area contributed by atoms with Crippen LogP contribution in [0.25, 0.3) is 0 Å². The summed E-state index contributed by atoms with van der Waals surface area (Å²) in [6.45, 7) is -0.453. The van der Waals surface area contributed by atoms with E-state index in [-0.39, 0.29) is 31.9 Å². The number of hydrogen-bond acceptors (Lipinski definition) is 5. The SMILES string of the molecule is N#C/C(=C/Nc1ccc(Cl)c(Cl)c1)C(=O)N(CCO)CCO. The maximum Gasteiger partial charge on any atom is 0.266 e. The van der Waals surface area contributed by atoms with E-state index in [1.807, 2.05) is 0 Å². The first-order valence-corrected chi connectivity index (χ1v) is 7.12. The van der Waals surface area contributed by atoms with Crippen LogP contribution in [0.4, 0.5) is 5.69 Å². The van der Waals surface area contributed by atoms with Crippen LogP contribution >= 0.6 is 23.2 Å². The maximum atomic E-state index is 12.1. The molecule has 0 saturated heterocycles. The van der Waals surface area contributed by atoms with Gasteiger partial charge in [0.1, 0.15) is 11.6 Å². The van der Waals surface area contributed by atoms with E-state index >= 15 is 0 Å². The highest BCUT2D eigenvalue weighted by Crippen LogP contribution is 2.25. The van der Waals surface area contributed by atoms with Crippen molar-refractivity contribution in [3.8, 4) is 6.07 Å².